The van der Waals surface area contributed by atoms with Crippen molar-refractivity contribution >= 4 is 5.82 Å². The van der Waals surface area contributed by atoms with E-state index < -0.39 is 0 Å². The summed E-state index contributed by atoms with van der Waals surface area (Å²) >= 11 is 0. The van der Waals surface area contributed by atoms with Gasteiger partial charge in [-0.2, -0.15) is 0 Å². The first kappa shape index (κ1) is 12.8. The minimum atomic E-state index is -0.211. The van der Waals surface area contributed by atoms with E-state index in [-0.39, 0.29) is 5.60 Å². The summed E-state index contributed by atoms with van der Waals surface area (Å²) in [7, 11) is 1.63. The molecular weight excluding hydrogens is 204 g/mol. The molecule has 0 bridgehead atoms. The lowest BCUT2D eigenvalue weighted by Gasteiger charge is -2.25. The SMILES string of the molecule is CCOC(C)(C)CNc1ncccc1OC. The zero-order valence-electron chi connectivity index (χ0n) is 10.4. The van der Waals surface area contributed by atoms with Crippen LogP contribution in [0.4, 0.5) is 5.82 Å². The second-order valence-electron chi connectivity index (χ2n) is 4.10. The van der Waals surface area contributed by atoms with Crippen LogP contribution in [-0.2, 0) is 4.74 Å². The summed E-state index contributed by atoms with van der Waals surface area (Å²) in [6, 6.07) is 3.72. The standard InChI is InChI=1S/C12H20N2O2/c1-5-16-12(2,3)9-14-11-10(15-4)7-6-8-13-11/h6-8H,5,9H2,1-4H3,(H,13,14). The van der Waals surface area contributed by atoms with Crippen molar-refractivity contribution in [1.29, 1.82) is 0 Å². The van der Waals surface area contributed by atoms with Gasteiger partial charge in [0.05, 0.1) is 12.7 Å². The van der Waals surface area contributed by atoms with Crippen LogP contribution in [0.3, 0.4) is 0 Å². The Bertz CT molecular complexity index is 327. The van der Waals surface area contributed by atoms with Crippen molar-refractivity contribution in [2.45, 2.75) is 26.4 Å². The molecule has 90 valence electrons. The molecule has 4 heteroatoms. The lowest BCUT2D eigenvalue weighted by atomic mass is 10.1. The summed E-state index contributed by atoms with van der Waals surface area (Å²) in [6.45, 7) is 7.46. The summed E-state index contributed by atoms with van der Waals surface area (Å²) in [4.78, 5) is 4.22. The van der Waals surface area contributed by atoms with Crippen LogP contribution in [0.5, 0.6) is 5.75 Å². The molecule has 0 fully saturated rings. The first-order valence-electron chi connectivity index (χ1n) is 5.46. The quantitative estimate of drug-likeness (QED) is 0.805. The molecule has 0 aliphatic heterocycles. The molecule has 0 radical (unpaired) electrons. The van der Waals surface area contributed by atoms with Crippen molar-refractivity contribution in [3.8, 4) is 5.75 Å². The Morgan fingerprint density at radius 3 is 2.81 bits per heavy atom. The van der Waals surface area contributed by atoms with E-state index in [1.165, 1.54) is 0 Å². The topological polar surface area (TPSA) is 43.4 Å². The molecule has 1 aromatic rings. The minimum absolute atomic E-state index is 0.211. The lowest BCUT2D eigenvalue weighted by Crippen LogP contribution is -2.33. The van der Waals surface area contributed by atoms with Crippen molar-refractivity contribution in [3.05, 3.63) is 18.3 Å². The largest absolute Gasteiger partial charge is 0.493 e. The molecule has 4 nitrogen and oxygen atoms in total. The maximum absolute atomic E-state index is 5.59. The fourth-order valence-corrected chi connectivity index (χ4v) is 1.43. The van der Waals surface area contributed by atoms with Gasteiger partial charge in [-0.3, -0.25) is 0 Å². The molecule has 1 N–H and O–H groups in total. The summed E-state index contributed by atoms with van der Waals surface area (Å²) in [5.74, 6) is 1.49. The maximum Gasteiger partial charge on any atom is 0.168 e. The number of ether oxygens (including phenoxy) is 2. The van der Waals surface area contributed by atoms with Gasteiger partial charge in [0.2, 0.25) is 0 Å². The first-order chi connectivity index (χ1) is 7.59. The number of aromatic nitrogens is 1. The smallest absolute Gasteiger partial charge is 0.168 e. The van der Waals surface area contributed by atoms with E-state index in [1.807, 2.05) is 32.9 Å². The third-order valence-electron chi connectivity index (χ3n) is 2.21. The third kappa shape index (κ3) is 3.70. The van der Waals surface area contributed by atoms with Crippen LogP contribution in [0, 0.1) is 0 Å². The van der Waals surface area contributed by atoms with Gasteiger partial charge in [-0.15, -0.1) is 0 Å². The molecule has 0 unspecified atom stereocenters. The average Bonchev–Trinajstić information content (AvgIpc) is 2.27. The average molecular weight is 224 g/mol. The molecule has 0 aliphatic carbocycles. The second kappa shape index (κ2) is 5.70. The van der Waals surface area contributed by atoms with Crippen molar-refractivity contribution in [1.82, 2.24) is 4.98 Å². The first-order valence-corrected chi connectivity index (χ1v) is 5.46. The van der Waals surface area contributed by atoms with Crippen molar-refractivity contribution < 1.29 is 9.47 Å². The molecule has 0 atom stereocenters. The molecule has 0 aromatic carbocycles. The lowest BCUT2D eigenvalue weighted by molar-refractivity contribution is 0.000619. The second-order valence-corrected chi connectivity index (χ2v) is 4.10. The molecular formula is C12H20N2O2. The van der Waals surface area contributed by atoms with Crippen LogP contribution in [0.15, 0.2) is 18.3 Å². The summed E-state index contributed by atoms with van der Waals surface area (Å²) in [5.41, 5.74) is -0.211. The fourth-order valence-electron chi connectivity index (χ4n) is 1.43. The number of hydrogen-bond acceptors (Lipinski definition) is 4. The van der Waals surface area contributed by atoms with Gasteiger partial charge in [0, 0.05) is 19.3 Å². The number of anilines is 1. The molecule has 1 heterocycles. The Balaban J connectivity index is 2.60. The van der Waals surface area contributed by atoms with Gasteiger partial charge >= 0.3 is 0 Å². The predicted octanol–water partition coefficient (Wildman–Crippen LogP) is 2.32. The van der Waals surface area contributed by atoms with Gasteiger partial charge < -0.3 is 14.8 Å². The third-order valence-corrected chi connectivity index (χ3v) is 2.21. The Labute approximate surface area is 97.0 Å². The highest BCUT2D eigenvalue weighted by Crippen LogP contribution is 2.21. The highest BCUT2D eigenvalue weighted by atomic mass is 16.5. The summed E-state index contributed by atoms with van der Waals surface area (Å²) in [6.07, 6.45) is 1.73. The Kier molecular flexibility index (Phi) is 4.55. The normalized spacial score (nSPS) is 11.2. The minimum Gasteiger partial charge on any atom is -0.493 e. The number of nitrogens with zero attached hydrogens (tertiary/aromatic N) is 1. The van der Waals surface area contributed by atoms with Gasteiger partial charge in [0.15, 0.2) is 11.6 Å². The molecule has 0 aliphatic rings. The Hall–Kier alpha value is -1.29. The van der Waals surface area contributed by atoms with Gasteiger partial charge in [0.25, 0.3) is 0 Å². The molecule has 1 aromatic heterocycles. The van der Waals surface area contributed by atoms with E-state index in [0.717, 1.165) is 11.6 Å². The number of methoxy groups -OCH3 is 1. The van der Waals surface area contributed by atoms with Gasteiger partial charge in [0.1, 0.15) is 0 Å². The van der Waals surface area contributed by atoms with Crippen molar-refractivity contribution in [2.24, 2.45) is 0 Å². The molecule has 0 amide bonds. The Morgan fingerprint density at radius 1 is 1.44 bits per heavy atom. The summed E-state index contributed by atoms with van der Waals surface area (Å²) in [5, 5.41) is 3.23. The highest BCUT2D eigenvalue weighted by molar-refractivity contribution is 5.49. The van der Waals surface area contributed by atoms with E-state index in [2.05, 4.69) is 10.3 Å². The van der Waals surface area contributed by atoms with E-state index in [0.29, 0.717) is 13.2 Å². The fraction of sp³-hybridized carbons (Fsp3) is 0.583. The van der Waals surface area contributed by atoms with Crippen LogP contribution < -0.4 is 10.1 Å². The van der Waals surface area contributed by atoms with Crippen LogP contribution in [0.2, 0.25) is 0 Å². The summed E-state index contributed by atoms with van der Waals surface area (Å²) < 4.78 is 10.8. The monoisotopic (exact) mass is 224 g/mol. The van der Waals surface area contributed by atoms with E-state index in [4.69, 9.17) is 9.47 Å². The van der Waals surface area contributed by atoms with Crippen LogP contribution in [0.1, 0.15) is 20.8 Å². The van der Waals surface area contributed by atoms with Crippen LogP contribution in [-0.4, -0.2) is 30.8 Å². The van der Waals surface area contributed by atoms with Crippen molar-refractivity contribution in [3.63, 3.8) is 0 Å². The zero-order valence-corrected chi connectivity index (χ0v) is 10.4. The molecule has 1 rings (SSSR count). The number of pyridine rings is 1. The number of rotatable bonds is 6. The van der Waals surface area contributed by atoms with Crippen LogP contribution >= 0.6 is 0 Å². The van der Waals surface area contributed by atoms with Crippen molar-refractivity contribution in [2.75, 3.05) is 25.6 Å². The van der Waals surface area contributed by atoms with E-state index >= 15 is 0 Å². The maximum atomic E-state index is 5.59. The zero-order chi connectivity index (χ0) is 12.0. The number of hydrogen-bond donors (Lipinski definition) is 1. The van der Waals surface area contributed by atoms with E-state index in [1.54, 1.807) is 13.3 Å². The molecule has 16 heavy (non-hydrogen) atoms. The predicted molar refractivity (Wildman–Crippen MR) is 65.0 cm³/mol. The number of nitrogens with one attached hydrogen (secondary N) is 1. The molecule has 0 spiro atoms. The van der Waals surface area contributed by atoms with E-state index in [9.17, 15) is 0 Å². The van der Waals surface area contributed by atoms with Gasteiger partial charge in [-0.05, 0) is 32.9 Å². The van der Waals surface area contributed by atoms with Gasteiger partial charge in [-0.25, -0.2) is 4.98 Å². The highest BCUT2D eigenvalue weighted by Gasteiger charge is 2.18. The van der Waals surface area contributed by atoms with Gasteiger partial charge in [-0.1, -0.05) is 0 Å². The Morgan fingerprint density at radius 2 is 2.19 bits per heavy atom. The van der Waals surface area contributed by atoms with Crippen LogP contribution in [0.25, 0.3) is 0 Å². The molecule has 0 saturated heterocycles. The molecule has 0 saturated carbocycles.